The van der Waals surface area contributed by atoms with Gasteiger partial charge < -0.3 is 33.7 Å². The molecule has 0 aliphatic carbocycles. The highest BCUT2D eigenvalue weighted by Gasteiger charge is 2.25. The van der Waals surface area contributed by atoms with E-state index in [-0.39, 0.29) is 17.2 Å². The standard InChI is InChI=1S/C26H25FN6O10/c27-16-2-3-17-18(14-16)41-30-23(17)15-8-12-31(13-9-15)10-1-11-32-25(29-26-39-19(34)4-5-20(35)40-26)33(24(28)38)43-22(37)7-6-21(36)42-32/h2-7,14-15,26H,1,8-13H2,(H2,28,38)/b7-6?,29-25-. The summed E-state index contributed by atoms with van der Waals surface area (Å²) in [5.74, 6) is -2.28. The number of likely N-dealkylation sites (tertiary alicyclic amines) is 1. The number of aryl methyl sites for hydroxylation is 1. The normalized spacial score (nSPS) is 17.0. The van der Waals surface area contributed by atoms with Crippen molar-refractivity contribution >= 4 is 28.9 Å². The molecule has 1 aromatic carbocycles. The van der Waals surface area contributed by atoms with Gasteiger partial charge in [-0.2, -0.15) is 9.73 Å². The summed E-state index contributed by atoms with van der Waals surface area (Å²) in [5, 5.41) is 4.93. The van der Waals surface area contributed by atoms with E-state index in [9.17, 15) is 28.4 Å². The summed E-state index contributed by atoms with van der Waals surface area (Å²) in [6.45, 7) is 1.78. The lowest BCUT2D eigenvalue weighted by atomic mass is 9.91. The van der Waals surface area contributed by atoms with E-state index in [4.69, 9.17) is 28.8 Å². The van der Waals surface area contributed by atoms with Crippen molar-refractivity contribution in [1.82, 2.24) is 19.5 Å². The molecule has 2 aromatic heterocycles. The Morgan fingerprint density at radius 2 is 1.65 bits per heavy atom. The Bertz CT molecular complexity index is 1800. The number of carbonyl (C=O) groups excluding carboxylic acids is 3. The van der Waals surface area contributed by atoms with E-state index < -0.39 is 47.1 Å². The fourth-order valence-corrected chi connectivity index (χ4v) is 4.66. The molecule has 4 heterocycles. The molecular formula is C26H25FN6O10. The van der Waals surface area contributed by atoms with Crippen molar-refractivity contribution < 1.29 is 41.8 Å². The van der Waals surface area contributed by atoms with Crippen molar-refractivity contribution in [3.8, 4) is 0 Å². The zero-order valence-electron chi connectivity index (χ0n) is 22.4. The Kier molecular flexibility index (Phi) is 8.61. The molecule has 16 nitrogen and oxygen atoms in total. The van der Waals surface area contributed by atoms with Gasteiger partial charge in [0.15, 0.2) is 5.58 Å². The Labute approximate surface area is 239 Å². The van der Waals surface area contributed by atoms with Crippen LogP contribution in [0.3, 0.4) is 0 Å². The van der Waals surface area contributed by atoms with Crippen molar-refractivity contribution in [3.05, 3.63) is 80.5 Å². The molecule has 43 heavy (non-hydrogen) atoms. The Morgan fingerprint density at radius 3 is 2.33 bits per heavy atom. The van der Waals surface area contributed by atoms with E-state index in [0.29, 0.717) is 37.7 Å². The van der Waals surface area contributed by atoms with E-state index in [1.807, 2.05) is 0 Å². The summed E-state index contributed by atoms with van der Waals surface area (Å²) in [6, 6.07) is 4.44. The summed E-state index contributed by atoms with van der Waals surface area (Å²) >= 11 is 0. The second kappa shape index (κ2) is 12.7. The van der Waals surface area contributed by atoms with E-state index in [0.717, 1.165) is 46.9 Å². The number of halogens is 1. The number of hydrogen-bond acceptors (Lipinski definition) is 13. The van der Waals surface area contributed by atoms with Gasteiger partial charge in [-0.3, -0.25) is 0 Å². The fourth-order valence-electron chi connectivity index (χ4n) is 4.66. The summed E-state index contributed by atoms with van der Waals surface area (Å²) in [7, 11) is 0. The van der Waals surface area contributed by atoms with Crippen LogP contribution in [0.25, 0.3) is 11.0 Å². The molecule has 0 unspecified atom stereocenters. The van der Waals surface area contributed by atoms with Gasteiger partial charge in [0.25, 0.3) is 5.62 Å². The first-order chi connectivity index (χ1) is 20.7. The van der Waals surface area contributed by atoms with Gasteiger partial charge in [0.2, 0.25) is 0 Å². The van der Waals surface area contributed by atoms with Gasteiger partial charge in [0.05, 0.1) is 12.2 Å². The van der Waals surface area contributed by atoms with Crippen LogP contribution in [0.4, 0.5) is 9.18 Å². The molecule has 1 saturated heterocycles. The highest BCUT2D eigenvalue weighted by Crippen LogP contribution is 2.32. The van der Waals surface area contributed by atoms with Gasteiger partial charge >= 0.3 is 35.6 Å². The number of esters is 2. The monoisotopic (exact) mass is 600 g/mol. The van der Waals surface area contributed by atoms with E-state index in [1.165, 1.54) is 12.1 Å². The maximum atomic E-state index is 13.5. The zero-order valence-corrected chi connectivity index (χ0v) is 22.4. The minimum atomic E-state index is -1.94. The summed E-state index contributed by atoms with van der Waals surface area (Å²) in [4.78, 5) is 66.5. The number of nitrogens with zero attached hydrogens (tertiary/aromatic N) is 5. The average molecular weight is 601 g/mol. The molecule has 1 fully saturated rings. The number of hydrogen-bond donors (Lipinski definition) is 1. The molecule has 5 rings (SSSR count). The van der Waals surface area contributed by atoms with Crippen LogP contribution >= 0.6 is 0 Å². The average Bonchev–Trinajstić information content (AvgIpc) is 3.33. The third kappa shape index (κ3) is 7.13. The number of carbonyl (C=O) groups is 3. The number of piperidine rings is 1. The maximum Gasteiger partial charge on any atom is 0.357 e. The molecule has 2 aliphatic heterocycles. The first-order valence-electron chi connectivity index (χ1n) is 13.1. The summed E-state index contributed by atoms with van der Waals surface area (Å²) in [6.07, 6.45) is 1.50. The molecule has 2 aliphatic rings. The highest BCUT2D eigenvalue weighted by atomic mass is 19.1. The van der Waals surface area contributed by atoms with Crippen LogP contribution in [0.5, 0.6) is 0 Å². The van der Waals surface area contributed by atoms with Crippen molar-refractivity contribution in [1.29, 1.82) is 0 Å². The number of fused-ring (bicyclic) bond motifs is 1. The lowest BCUT2D eigenvalue weighted by molar-refractivity contribution is -0.177. The van der Waals surface area contributed by atoms with Crippen LogP contribution in [0.15, 0.2) is 70.6 Å². The lowest BCUT2D eigenvalue weighted by Crippen LogP contribution is -2.41. The Morgan fingerprint density at radius 1 is 0.977 bits per heavy atom. The predicted molar refractivity (Wildman–Crippen MR) is 140 cm³/mol. The van der Waals surface area contributed by atoms with Gasteiger partial charge in [-0.1, -0.05) is 9.90 Å². The van der Waals surface area contributed by atoms with Crippen LogP contribution < -0.4 is 22.6 Å². The molecule has 0 radical (unpaired) electrons. The molecular weight excluding hydrogens is 575 g/mol. The largest absolute Gasteiger partial charge is 0.401 e. The summed E-state index contributed by atoms with van der Waals surface area (Å²) in [5.41, 5.74) is 3.68. The van der Waals surface area contributed by atoms with Crippen LogP contribution in [0.2, 0.25) is 0 Å². The van der Waals surface area contributed by atoms with Crippen LogP contribution in [0.1, 0.15) is 30.9 Å². The fraction of sp³-hybridized carbons (Fsp3) is 0.346. The van der Waals surface area contributed by atoms with E-state index in [2.05, 4.69) is 15.0 Å². The third-order valence-electron chi connectivity index (χ3n) is 6.62. The molecule has 0 atom stereocenters. The summed E-state index contributed by atoms with van der Waals surface area (Å²) < 4.78 is 39.8. The molecule has 3 aromatic rings. The van der Waals surface area contributed by atoms with Gasteiger partial charge in [-0.25, -0.2) is 28.4 Å². The number of rotatable bonds is 6. The van der Waals surface area contributed by atoms with E-state index >= 15 is 0 Å². The molecule has 2 N–H and O–H groups in total. The quantitative estimate of drug-likeness (QED) is 0.387. The number of amides is 1. The number of ether oxygens (including phenoxy) is 2. The number of nitrogens with two attached hydrogens (primary N) is 1. The number of aromatic nitrogens is 3. The Balaban J connectivity index is 1.37. The molecule has 0 saturated carbocycles. The smallest absolute Gasteiger partial charge is 0.357 e. The third-order valence-corrected chi connectivity index (χ3v) is 6.62. The second-order valence-electron chi connectivity index (χ2n) is 9.51. The van der Waals surface area contributed by atoms with E-state index in [1.54, 1.807) is 6.07 Å². The predicted octanol–water partition coefficient (Wildman–Crippen LogP) is 0.638. The number of benzene rings is 1. The first-order valence-corrected chi connectivity index (χ1v) is 13.1. The highest BCUT2D eigenvalue weighted by molar-refractivity contribution is 5.92. The van der Waals surface area contributed by atoms with Crippen molar-refractivity contribution in [2.45, 2.75) is 38.1 Å². The zero-order chi connectivity index (χ0) is 30.5. The maximum absolute atomic E-state index is 13.5. The minimum absolute atomic E-state index is 0.105. The van der Waals surface area contributed by atoms with Gasteiger partial charge in [0.1, 0.15) is 5.82 Å². The van der Waals surface area contributed by atoms with Crippen molar-refractivity contribution in [2.75, 3.05) is 19.6 Å². The second-order valence-corrected chi connectivity index (χ2v) is 9.51. The number of primary amides is 1. The van der Waals surface area contributed by atoms with Crippen molar-refractivity contribution in [2.24, 2.45) is 10.7 Å². The van der Waals surface area contributed by atoms with Gasteiger partial charge in [-0.15, -0.1) is 0 Å². The lowest BCUT2D eigenvalue weighted by Gasteiger charge is -2.31. The SMILES string of the molecule is NC(=O)n1oc(=O)ccc(=O)on(CCCN2CCC(c3noc4cc(F)ccc34)CC2)/c1=N/C1OC(=O)C=CC(=O)O1. The van der Waals surface area contributed by atoms with Gasteiger partial charge in [0, 0.05) is 41.7 Å². The Hall–Kier alpha value is -5.32. The first kappa shape index (κ1) is 29.2. The van der Waals surface area contributed by atoms with Crippen LogP contribution in [-0.2, 0) is 25.6 Å². The number of cyclic esters (lactones) is 2. The van der Waals surface area contributed by atoms with Crippen LogP contribution in [0, 0.1) is 5.82 Å². The molecule has 1 amide bonds. The molecule has 17 heteroatoms. The topological polar surface area (TPSA) is 208 Å². The minimum Gasteiger partial charge on any atom is -0.401 e. The van der Waals surface area contributed by atoms with Crippen LogP contribution in [-0.4, -0.2) is 63.6 Å². The molecule has 226 valence electrons. The molecule has 0 bridgehead atoms. The molecule has 0 spiro atoms. The van der Waals surface area contributed by atoms with Crippen molar-refractivity contribution in [3.63, 3.8) is 0 Å². The van der Waals surface area contributed by atoms with Gasteiger partial charge in [-0.05, 0) is 51.0 Å².